The smallest absolute Gasteiger partial charge is 0.243 e. The molecule has 0 aliphatic carbocycles. The molecule has 0 fully saturated rings. The van der Waals surface area contributed by atoms with Crippen molar-refractivity contribution in [2.75, 3.05) is 36.5 Å². The minimum absolute atomic E-state index is 0. The number of ether oxygens (including phenoxy) is 1. The Hall–Kier alpha value is -1.73. The topological polar surface area (TPSA) is 53.6 Å². The molecular weight excluding hydrogens is 428 g/mol. The van der Waals surface area contributed by atoms with Gasteiger partial charge in [-0.05, 0) is 48.4 Å². The summed E-state index contributed by atoms with van der Waals surface area (Å²) in [6.45, 7) is 2.56. The van der Waals surface area contributed by atoms with E-state index in [9.17, 15) is 9.18 Å². The molecule has 2 heterocycles. The number of rotatable bonds is 3. The Bertz CT molecular complexity index is 867. The normalized spacial score (nSPS) is 14.6. The first kappa shape index (κ1) is 22.6. The molecule has 0 unspecified atom stereocenters. The molecule has 2 aromatic carbocycles. The van der Waals surface area contributed by atoms with Crippen LogP contribution >= 0.6 is 36.4 Å². The van der Waals surface area contributed by atoms with Gasteiger partial charge < -0.3 is 20.3 Å². The quantitative estimate of drug-likeness (QED) is 0.750. The molecule has 0 saturated heterocycles. The standard InChI is InChI=1S/C19H19ClFN3O2.2ClH/c20-13-2-4-17-16(9-13)24(7-8-26-17)11-18(25)23-15-3-1-12-10-22-6-5-14(12)19(15)21;;/h1-4,9,22H,5-8,10-11H2,(H,23,25);2*1H. The van der Waals surface area contributed by atoms with Crippen LogP contribution in [0.4, 0.5) is 15.8 Å². The van der Waals surface area contributed by atoms with Crippen LogP contribution in [0.3, 0.4) is 0 Å². The summed E-state index contributed by atoms with van der Waals surface area (Å²) >= 11 is 6.06. The summed E-state index contributed by atoms with van der Waals surface area (Å²) in [6.07, 6.45) is 0.625. The molecule has 0 spiro atoms. The monoisotopic (exact) mass is 447 g/mol. The van der Waals surface area contributed by atoms with Gasteiger partial charge in [-0.3, -0.25) is 4.79 Å². The van der Waals surface area contributed by atoms with Gasteiger partial charge in [-0.15, -0.1) is 24.8 Å². The van der Waals surface area contributed by atoms with E-state index in [4.69, 9.17) is 16.3 Å². The van der Waals surface area contributed by atoms with Crippen molar-refractivity contribution in [2.24, 2.45) is 0 Å². The lowest BCUT2D eigenvalue weighted by molar-refractivity contribution is -0.115. The fourth-order valence-electron chi connectivity index (χ4n) is 3.40. The number of carbonyl (C=O) groups is 1. The molecule has 1 amide bonds. The first-order chi connectivity index (χ1) is 12.6. The summed E-state index contributed by atoms with van der Waals surface area (Å²) in [5.74, 6) is 0.0919. The maximum atomic E-state index is 14.7. The summed E-state index contributed by atoms with van der Waals surface area (Å²) < 4.78 is 20.3. The molecule has 4 rings (SSSR count). The van der Waals surface area contributed by atoms with Crippen LogP contribution in [-0.4, -0.2) is 32.1 Å². The van der Waals surface area contributed by atoms with Gasteiger partial charge in [0.25, 0.3) is 0 Å². The number of hydrogen-bond donors (Lipinski definition) is 2. The van der Waals surface area contributed by atoms with E-state index >= 15 is 0 Å². The second-order valence-corrected chi connectivity index (χ2v) is 6.86. The molecule has 2 aromatic rings. The maximum Gasteiger partial charge on any atom is 0.243 e. The second-order valence-electron chi connectivity index (χ2n) is 6.42. The Balaban J connectivity index is 0.00000140. The van der Waals surface area contributed by atoms with Crippen LogP contribution in [0.1, 0.15) is 11.1 Å². The van der Waals surface area contributed by atoms with E-state index in [2.05, 4.69) is 10.6 Å². The first-order valence-electron chi connectivity index (χ1n) is 8.60. The number of benzene rings is 2. The summed E-state index contributed by atoms with van der Waals surface area (Å²) in [4.78, 5) is 14.4. The van der Waals surface area contributed by atoms with E-state index in [1.165, 1.54) is 0 Å². The number of amides is 1. The Morgan fingerprint density at radius 2 is 2.11 bits per heavy atom. The van der Waals surface area contributed by atoms with Crippen LogP contribution in [-0.2, 0) is 17.8 Å². The van der Waals surface area contributed by atoms with Crippen LogP contribution in [0.2, 0.25) is 5.02 Å². The Kier molecular flexibility index (Phi) is 7.78. The highest BCUT2D eigenvalue weighted by atomic mass is 35.5. The van der Waals surface area contributed by atoms with Crippen molar-refractivity contribution < 1.29 is 13.9 Å². The lowest BCUT2D eigenvalue weighted by atomic mass is 9.99. The molecule has 0 aromatic heterocycles. The number of fused-ring (bicyclic) bond motifs is 2. The van der Waals surface area contributed by atoms with Gasteiger partial charge in [0.05, 0.1) is 24.5 Å². The zero-order chi connectivity index (χ0) is 18.1. The predicted octanol–water partition coefficient (Wildman–Crippen LogP) is 3.81. The minimum atomic E-state index is -0.331. The molecule has 2 N–H and O–H groups in total. The van der Waals surface area contributed by atoms with E-state index in [0.29, 0.717) is 42.5 Å². The summed E-state index contributed by atoms with van der Waals surface area (Å²) in [7, 11) is 0. The first-order valence-corrected chi connectivity index (χ1v) is 8.98. The average molecular weight is 449 g/mol. The average Bonchev–Trinajstić information content (AvgIpc) is 2.65. The highest BCUT2D eigenvalue weighted by Crippen LogP contribution is 2.34. The van der Waals surface area contributed by atoms with Gasteiger partial charge in [0.15, 0.2) is 0 Å². The molecular formula is C19H21Cl3FN3O2. The molecule has 0 atom stereocenters. The molecule has 2 aliphatic rings. The number of carbonyl (C=O) groups excluding carboxylic acids is 1. The number of nitrogens with one attached hydrogen (secondary N) is 2. The van der Waals surface area contributed by atoms with E-state index in [-0.39, 0.29) is 48.8 Å². The van der Waals surface area contributed by atoms with Crippen molar-refractivity contribution in [3.63, 3.8) is 0 Å². The zero-order valence-electron chi connectivity index (χ0n) is 15.0. The maximum absolute atomic E-state index is 14.7. The van der Waals surface area contributed by atoms with Crippen LogP contribution in [0.15, 0.2) is 30.3 Å². The largest absolute Gasteiger partial charge is 0.490 e. The molecule has 2 aliphatic heterocycles. The summed E-state index contributed by atoms with van der Waals surface area (Å²) in [5, 5.41) is 6.49. The van der Waals surface area contributed by atoms with Gasteiger partial charge in [0, 0.05) is 11.6 Å². The summed E-state index contributed by atoms with van der Waals surface area (Å²) in [6, 6.07) is 8.81. The van der Waals surface area contributed by atoms with Crippen molar-refractivity contribution in [1.82, 2.24) is 5.32 Å². The molecule has 9 heteroatoms. The molecule has 0 saturated carbocycles. The van der Waals surface area contributed by atoms with E-state index in [1.54, 1.807) is 24.3 Å². The van der Waals surface area contributed by atoms with E-state index in [1.807, 2.05) is 11.0 Å². The SMILES string of the molecule is Cl.Cl.O=C(CN1CCOc2ccc(Cl)cc21)Nc1ccc2c(c1F)CCNC2. The lowest BCUT2D eigenvalue weighted by Gasteiger charge is -2.30. The number of anilines is 2. The van der Waals surface area contributed by atoms with Gasteiger partial charge in [0.2, 0.25) is 5.91 Å². The summed E-state index contributed by atoms with van der Waals surface area (Å²) in [5.41, 5.74) is 2.64. The highest BCUT2D eigenvalue weighted by Gasteiger charge is 2.22. The fourth-order valence-corrected chi connectivity index (χ4v) is 3.57. The minimum Gasteiger partial charge on any atom is -0.490 e. The van der Waals surface area contributed by atoms with Crippen LogP contribution in [0.5, 0.6) is 5.75 Å². The number of nitrogens with zero attached hydrogens (tertiary/aromatic N) is 1. The van der Waals surface area contributed by atoms with Gasteiger partial charge in [-0.1, -0.05) is 17.7 Å². The van der Waals surface area contributed by atoms with Crippen LogP contribution in [0, 0.1) is 5.82 Å². The van der Waals surface area contributed by atoms with Gasteiger partial charge >= 0.3 is 0 Å². The third kappa shape index (κ3) is 4.63. The predicted molar refractivity (Wildman–Crippen MR) is 114 cm³/mol. The van der Waals surface area contributed by atoms with Crippen LogP contribution in [0.25, 0.3) is 0 Å². The van der Waals surface area contributed by atoms with E-state index < -0.39 is 0 Å². The second kappa shape index (κ2) is 9.65. The molecule has 152 valence electrons. The number of hydrogen-bond acceptors (Lipinski definition) is 4. The van der Waals surface area contributed by atoms with Crippen molar-refractivity contribution in [1.29, 1.82) is 0 Å². The van der Waals surface area contributed by atoms with Gasteiger partial charge in [-0.2, -0.15) is 0 Å². The highest BCUT2D eigenvalue weighted by molar-refractivity contribution is 6.31. The Morgan fingerprint density at radius 1 is 1.29 bits per heavy atom. The lowest BCUT2D eigenvalue weighted by Crippen LogP contribution is -2.39. The number of halogens is 4. The van der Waals surface area contributed by atoms with Gasteiger partial charge in [0.1, 0.15) is 18.2 Å². The van der Waals surface area contributed by atoms with Crippen molar-refractivity contribution in [3.8, 4) is 5.75 Å². The fraction of sp³-hybridized carbons (Fsp3) is 0.316. The third-order valence-corrected chi connectivity index (χ3v) is 4.93. The molecule has 5 nitrogen and oxygen atoms in total. The van der Waals surface area contributed by atoms with Crippen molar-refractivity contribution in [3.05, 3.63) is 52.3 Å². The molecule has 28 heavy (non-hydrogen) atoms. The molecule has 0 bridgehead atoms. The van der Waals surface area contributed by atoms with Gasteiger partial charge in [-0.25, -0.2) is 4.39 Å². The van der Waals surface area contributed by atoms with E-state index in [0.717, 1.165) is 17.8 Å². The Morgan fingerprint density at radius 3 is 2.93 bits per heavy atom. The third-order valence-electron chi connectivity index (χ3n) is 4.70. The van der Waals surface area contributed by atoms with Crippen molar-refractivity contribution >= 4 is 53.7 Å². The van der Waals surface area contributed by atoms with Crippen molar-refractivity contribution in [2.45, 2.75) is 13.0 Å². The Labute approximate surface area is 180 Å². The zero-order valence-corrected chi connectivity index (χ0v) is 17.4. The van der Waals surface area contributed by atoms with Crippen LogP contribution < -0.4 is 20.3 Å². The molecule has 0 radical (unpaired) electrons.